The van der Waals surface area contributed by atoms with E-state index in [-0.39, 0.29) is 17.6 Å². The zero-order chi connectivity index (χ0) is 15.5. The van der Waals surface area contributed by atoms with Gasteiger partial charge in [0.25, 0.3) is 11.5 Å². The molecule has 3 rings (SSSR count). The molecule has 6 nitrogen and oxygen atoms in total. The van der Waals surface area contributed by atoms with Crippen molar-refractivity contribution in [2.24, 2.45) is 5.92 Å². The molecular weight excluding hydrogens is 282 g/mol. The van der Waals surface area contributed by atoms with E-state index in [9.17, 15) is 9.59 Å². The molecule has 120 valence electrons. The van der Waals surface area contributed by atoms with Crippen LogP contribution in [0.2, 0.25) is 0 Å². The third kappa shape index (κ3) is 3.38. The summed E-state index contributed by atoms with van der Waals surface area (Å²) < 4.78 is 7.03. The zero-order valence-electron chi connectivity index (χ0n) is 13.0. The van der Waals surface area contributed by atoms with E-state index in [0.29, 0.717) is 19.1 Å². The van der Waals surface area contributed by atoms with Crippen LogP contribution >= 0.6 is 0 Å². The number of rotatable bonds is 3. The standard InChI is InChI=1S/C16H23N3O3/c1-12-4-5-15(20)19(17-12)11-13-6-8-18(9-7-13)16(21)14-3-2-10-22-14/h4-5,13-14H,2-3,6-11H2,1H3. The Bertz CT molecular complexity index is 585. The molecule has 1 aromatic rings. The number of ether oxygens (including phenoxy) is 1. The quantitative estimate of drug-likeness (QED) is 0.835. The number of aromatic nitrogens is 2. The van der Waals surface area contributed by atoms with Gasteiger partial charge in [-0.05, 0) is 44.6 Å². The molecule has 2 aliphatic rings. The number of hydrogen-bond donors (Lipinski definition) is 0. The third-order valence-corrected chi connectivity index (χ3v) is 4.56. The molecule has 1 amide bonds. The fourth-order valence-corrected chi connectivity index (χ4v) is 3.24. The van der Waals surface area contributed by atoms with Gasteiger partial charge in [0.2, 0.25) is 0 Å². The number of amides is 1. The molecule has 1 unspecified atom stereocenters. The first-order chi connectivity index (χ1) is 10.6. The van der Waals surface area contributed by atoms with Crippen LogP contribution in [0.15, 0.2) is 16.9 Å². The summed E-state index contributed by atoms with van der Waals surface area (Å²) in [7, 11) is 0. The first kappa shape index (κ1) is 15.2. The van der Waals surface area contributed by atoms with Crippen LogP contribution in [0.3, 0.4) is 0 Å². The molecule has 2 saturated heterocycles. The summed E-state index contributed by atoms with van der Waals surface area (Å²) in [6, 6.07) is 3.31. The number of nitrogens with zero attached hydrogens (tertiary/aromatic N) is 3. The molecule has 0 aliphatic carbocycles. The highest BCUT2D eigenvalue weighted by Gasteiger charge is 2.31. The van der Waals surface area contributed by atoms with Crippen LogP contribution in [0.4, 0.5) is 0 Å². The molecule has 2 aliphatic heterocycles. The van der Waals surface area contributed by atoms with E-state index >= 15 is 0 Å². The van der Waals surface area contributed by atoms with Gasteiger partial charge in [-0.3, -0.25) is 9.59 Å². The Morgan fingerprint density at radius 3 is 2.77 bits per heavy atom. The number of aryl methyl sites for hydroxylation is 1. The van der Waals surface area contributed by atoms with E-state index in [4.69, 9.17) is 4.74 Å². The Morgan fingerprint density at radius 1 is 1.32 bits per heavy atom. The van der Waals surface area contributed by atoms with Crippen LogP contribution in [0.25, 0.3) is 0 Å². The van der Waals surface area contributed by atoms with E-state index in [1.807, 2.05) is 11.8 Å². The van der Waals surface area contributed by atoms with Crippen molar-refractivity contribution in [1.82, 2.24) is 14.7 Å². The molecule has 6 heteroatoms. The summed E-state index contributed by atoms with van der Waals surface area (Å²) in [6.45, 7) is 4.74. The van der Waals surface area contributed by atoms with Gasteiger partial charge in [-0.1, -0.05) is 0 Å². The second-order valence-electron chi connectivity index (χ2n) is 6.27. The molecule has 1 atom stereocenters. The molecule has 22 heavy (non-hydrogen) atoms. The van der Waals surface area contributed by atoms with Crippen molar-refractivity contribution in [1.29, 1.82) is 0 Å². The Balaban J connectivity index is 1.54. The van der Waals surface area contributed by atoms with Crippen LogP contribution in [0.5, 0.6) is 0 Å². The predicted octanol–water partition coefficient (Wildman–Crippen LogP) is 0.969. The van der Waals surface area contributed by atoms with Crippen LogP contribution < -0.4 is 5.56 Å². The lowest BCUT2D eigenvalue weighted by atomic mass is 9.96. The third-order valence-electron chi connectivity index (χ3n) is 4.56. The first-order valence-corrected chi connectivity index (χ1v) is 8.08. The summed E-state index contributed by atoms with van der Waals surface area (Å²) in [6.07, 6.45) is 3.44. The monoisotopic (exact) mass is 305 g/mol. The fraction of sp³-hybridized carbons (Fsp3) is 0.688. The van der Waals surface area contributed by atoms with Crippen LogP contribution in [-0.2, 0) is 16.1 Å². The molecule has 0 radical (unpaired) electrons. The van der Waals surface area contributed by atoms with Crippen molar-refractivity contribution in [2.75, 3.05) is 19.7 Å². The average Bonchev–Trinajstić information content (AvgIpc) is 3.05. The zero-order valence-corrected chi connectivity index (χ0v) is 13.0. The van der Waals surface area contributed by atoms with Crippen molar-refractivity contribution in [3.05, 3.63) is 28.2 Å². The number of piperidine rings is 1. The summed E-state index contributed by atoms with van der Waals surface area (Å²) >= 11 is 0. The van der Waals surface area contributed by atoms with Crippen molar-refractivity contribution in [3.8, 4) is 0 Å². The molecule has 1 aromatic heterocycles. The first-order valence-electron chi connectivity index (χ1n) is 8.08. The number of carbonyl (C=O) groups excluding carboxylic acids is 1. The van der Waals surface area contributed by atoms with Gasteiger partial charge in [-0.25, -0.2) is 4.68 Å². The summed E-state index contributed by atoms with van der Waals surface area (Å²) in [5.74, 6) is 0.544. The van der Waals surface area contributed by atoms with Crippen molar-refractivity contribution in [3.63, 3.8) is 0 Å². The molecule has 0 bridgehead atoms. The van der Waals surface area contributed by atoms with E-state index in [1.54, 1.807) is 16.8 Å². The Hall–Kier alpha value is -1.69. The molecular formula is C16H23N3O3. The average molecular weight is 305 g/mol. The number of likely N-dealkylation sites (tertiary alicyclic amines) is 1. The van der Waals surface area contributed by atoms with Gasteiger partial charge in [0.05, 0.1) is 5.69 Å². The molecule has 2 fully saturated rings. The van der Waals surface area contributed by atoms with Crippen LogP contribution in [-0.4, -0.2) is 46.4 Å². The Morgan fingerprint density at radius 2 is 2.09 bits per heavy atom. The molecule has 0 N–H and O–H groups in total. The predicted molar refractivity (Wildman–Crippen MR) is 81.5 cm³/mol. The Labute approximate surface area is 130 Å². The molecule has 0 aromatic carbocycles. The summed E-state index contributed by atoms with van der Waals surface area (Å²) in [4.78, 5) is 26.0. The topological polar surface area (TPSA) is 64.4 Å². The minimum atomic E-state index is -0.224. The summed E-state index contributed by atoms with van der Waals surface area (Å²) in [5, 5.41) is 4.29. The number of carbonyl (C=O) groups is 1. The highest BCUT2D eigenvalue weighted by Crippen LogP contribution is 2.22. The van der Waals surface area contributed by atoms with Gasteiger partial charge in [-0.2, -0.15) is 5.10 Å². The van der Waals surface area contributed by atoms with E-state index in [0.717, 1.165) is 44.5 Å². The normalized spacial score (nSPS) is 23.0. The molecule has 0 saturated carbocycles. The van der Waals surface area contributed by atoms with Crippen molar-refractivity contribution in [2.45, 2.75) is 45.3 Å². The SMILES string of the molecule is Cc1ccc(=O)n(CC2CCN(C(=O)C3CCCO3)CC2)n1. The highest BCUT2D eigenvalue weighted by atomic mass is 16.5. The van der Waals surface area contributed by atoms with Gasteiger partial charge in [0, 0.05) is 32.3 Å². The maximum atomic E-state index is 12.3. The van der Waals surface area contributed by atoms with Gasteiger partial charge < -0.3 is 9.64 Å². The van der Waals surface area contributed by atoms with Crippen LogP contribution in [0.1, 0.15) is 31.4 Å². The maximum Gasteiger partial charge on any atom is 0.266 e. The lowest BCUT2D eigenvalue weighted by Crippen LogP contribution is -2.44. The van der Waals surface area contributed by atoms with E-state index < -0.39 is 0 Å². The largest absolute Gasteiger partial charge is 0.368 e. The maximum absolute atomic E-state index is 12.3. The smallest absolute Gasteiger partial charge is 0.266 e. The van der Waals surface area contributed by atoms with Gasteiger partial charge in [-0.15, -0.1) is 0 Å². The fourth-order valence-electron chi connectivity index (χ4n) is 3.24. The minimum absolute atomic E-state index is 0.0524. The van der Waals surface area contributed by atoms with Gasteiger partial charge in [0.15, 0.2) is 0 Å². The second kappa shape index (κ2) is 6.60. The van der Waals surface area contributed by atoms with Crippen molar-refractivity contribution < 1.29 is 9.53 Å². The summed E-state index contributed by atoms with van der Waals surface area (Å²) in [5.41, 5.74) is 0.800. The number of hydrogen-bond acceptors (Lipinski definition) is 4. The molecule has 0 spiro atoms. The van der Waals surface area contributed by atoms with E-state index in [2.05, 4.69) is 5.10 Å². The second-order valence-corrected chi connectivity index (χ2v) is 6.27. The molecule has 3 heterocycles. The van der Waals surface area contributed by atoms with E-state index in [1.165, 1.54) is 0 Å². The van der Waals surface area contributed by atoms with Crippen LogP contribution in [0, 0.1) is 12.8 Å². The lowest BCUT2D eigenvalue weighted by molar-refractivity contribution is -0.142. The van der Waals surface area contributed by atoms with Crippen molar-refractivity contribution >= 4 is 5.91 Å². The highest BCUT2D eigenvalue weighted by molar-refractivity contribution is 5.81. The van der Waals surface area contributed by atoms with Gasteiger partial charge >= 0.3 is 0 Å². The Kier molecular flexibility index (Phi) is 4.57. The lowest BCUT2D eigenvalue weighted by Gasteiger charge is -2.33. The van der Waals surface area contributed by atoms with Gasteiger partial charge in [0.1, 0.15) is 6.10 Å². The minimum Gasteiger partial charge on any atom is -0.368 e.